The second-order valence-corrected chi connectivity index (χ2v) is 15.7. The number of thiophene rings is 1. The van der Waals surface area contributed by atoms with E-state index in [0.717, 1.165) is 66.2 Å². The third-order valence-corrected chi connectivity index (χ3v) is 12.5. The minimum Gasteiger partial charge on any atom is -0.456 e. The zero-order valence-electron chi connectivity index (χ0n) is 28.9. The van der Waals surface area contributed by atoms with Crippen molar-refractivity contribution in [3.05, 3.63) is 182 Å². The van der Waals surface area contributed by atoms with E-state index in [0.29, 0.717) is 0 Å². The van der Waals surface area contributed by atoms with Crippen LogP contribution in [0.4, 0.5) is 17.1 Å². The van der Waals surface area contributed by atoms with Crippen LogP contribution in [-0.4, -0.2) is 4.98 Å². The number of hydrogen-bond donors (Lipinski definition) is 0. The van der Waals surface area contributed by atoms with Crippen LogP contribution in [-0.2, 0) is 0 Å². The fraction of sp³-hybridized carbons (Fsp3) is 0. The number of thiazole rings is 1. The smallest absolute Gasteiger partial charge is 0.136 e. The van der Waals surface area contributed by atoms with Gasteiger partial charge in [0, 0.05) is 43.0 Å². The van der Waals surface area contributed by atoms with Gasteiger partial charge in [-0.15, -0.1) is 22.7 Å². The van der Waals surface area contributed by atoms with Crippen LogP contribution in [0.5, 0.6) is 0 Å². The highest BCUT2D eigenvalue weighted by molar-refractivity contribution is 7.22. The molecule has 0 aliphatic heterocycles. The third-order valence-electron chi connectivity index (χ3n) is 10.3. The summed E-state index contributed by atoms with van der Waals surface area (Å²) in [5, 5.41) is 7.01. The topological polar surface area (TPSA) is 29.3 Å². The Kier molecular flexibility index (Phi) is 7.22. The van der Waals surface area contributed by atoms with Gasteiger partial charge >= 0.3 is 0 Å². The lowest BCUT2D eigenvalue weighted by Gasteiger charge is -2.26. The zero-order chi connectivity index (χ0) is 35.6. The number of nitrogens with zero attached hydrogens (tertiary/aromatic N) is 2. The molecule has 0 amide bonds. The van der Waals surface area contributed by atoms with Crippen LogP contribution in [0.2, 0.25) is 0 Å². The molecule has 0 unspecified atom stereocenters. The zero-order valence-corrected chi connectivity index (χ0v) is 30.6. The molecule has 0 aliphatic carbocycles. The number of para-hydroxylation sites is 2. The summed E-state index contributed by atoms with van der Waals surface area (Å²) < 4.78 is 8.73. The van der Waals surface area contributed by atoms with Gasteiger partial charge in [0.25, 0.3) is 0 Å². The van der Waals surface area contributed by atoms with E-state index in [1.54, 1.807) is 11.3 Å². The van der Waals surface area contributed by atoms with Gasteiger partial charge in [0.2, 0.25) is 0 Å². The number of furan rings is 1. The van der Waals surface area contributed by atoms with Gasteiger partial charge in [0.1, 0.15) is 16.2 Å². The molecule has 3 aromatic heterocycles. The van der Waals surface area contributed by atoms with E-state index in [1.807, 2.05) is 29.5 Å². The first-order valence-electron chi connectivity index (χ1n) is 18.0. The fourth-order valence-corrected chi connectivity index (χ4v) is 9.59. The first-order chi connectivity index (χ1) is 26.7. The van der Waals surface area contributed by atoms with Crippen LogP contribution >= 0.6 is 22.7 Å². The lowest BCUT2D eigenvalue weighted by molar-refractivity contribution is 0.669. The van der Waals surface area contributed by atoms with Crippen LogP contribution in [0.1, 0.15) is 0 Å². The summed E-state index contributed by atoms with van der Waals surface area (Å²) in [6, 6.07) is 65.2. The predicted octanol–water partition coefficient (Wildman–Crippen LogP) is 15.0. The largest absolute Gasteiger partial charge is 0.456 e. The molecule has 3 heterocycles. The molecular formula is C49H30N2OS2. The molecule has 0 spiro atoms. The molecule has 11 rings (SSSR count). The van der Waals surface area contributed by atoms with E-state index in [1.165, 1.54) is 36.0 Å². The van der Waals surface area contributed by atoms with Crippen LogP contribution in [0.3, 0.4) is 0 Å². The van der Waals surface area contributed by atoms with E-state index >= 15 is 0 Å². The highest BCUT2D eigenvalue weighted by Crippen LogP contribution is 2.41. The number of anilines is 3. The first kappa shape index (κ1) is 31.0. The third kappa shape index (κ3) is 5.36. The molecule has 0 saturated carbocycles. The molecule has 0 aliphatic rings. The van der Waals surface area contributed by atoms with Crippen molar-refractivity contribution in [2.24, 2.45) is 0 Å². The maximum absolute atomic E-state index is 6.23. The molecule has 0 atom stereocenters. The summed E-state index contributed by atoms with van der Waals surface area (Å²) in [6.07, 6.45) is 0. The molecule has 5 heteroatoms. The number of benzene rings is 8. The molecule has 3 nitrogen and oxygen atoms in total. The molecule has 11 aromatic rings. The Labute approximate surface area is 319 Å². The summed E-state index contributed by atoms with van der Waals surface area (Å²) in [6.45, 7) is 0. The molecule has 0 radical (unpaired) electrons. The standard InChI is InChI=1S/C49H30N2OS2/c1-5-11-46-35(7-1)30-48(53-46)36-14-13-32-17-25-40(28-37(32)27-36)51(39-23-18-33(19-24-39)49-50-43-9-3-6-12-47(43)54-49)38-21-15-31(16-22-38)34-20-26-42-41-8-2-4-10-44(41)52-45(42)29-34/h1-30H. The predicted molar refractivity (Wildman–Crippen MR) is 231 cm³/mol. The molecule has 0 N–H and O–H groups in total. The van der Waals surface area contributed by atoms with Gasteiger partial charge in [-0.25, -0.2) is 4.98 Å². The SMILES string of the molecule is c1ccc2sc(-c3ccc4ccc(N(c5ccc(-c6ccc7c(c6)oc6ccccc67)cc5)c5ccc(-c6nc7ccccc7s6)cc5)cc4c3)cc2c1. The molecular weight excluding hydrogens is 697 g/mol. The molecule has 0 fully saturated rings. The van der Waals surface area contributed by atoms with E-state index < -0.39 is 0 Å². The summed E-state index contributed by atoms with van der Waals surface area (Å²) in [5.41, 5.74) is 10.7. The van der Waals surface area contributed by atoms with E-state index in [2.05, 4.69) is 169 Å². The van der Waals surface area contributed by atoms with Crippen molar-refractivity contribution in [3.63, 3.8) is 0 Å². The Morgan fingerprint density at radius 2 is 1.07 bits per heavy atom. The van der Waals surface area contributed by atoms with Crippen LogP contribution in [0.25, 0.3) is 85.2 Å². The molecule has 0 bridgehead atoms. The number of fused-ring (bicyclic) bond motifs is 6. The Hall–Kier alpha value is -6.53. The number of aromatic nitrogens is 1. The number of hydrogen-bond acceptors (Lipinski definition) is 5. The lowest BCUT2D eigenvalue weighted by Crippen LogP contribution is -2.09. The van der Waals surface area contributed by atoms with Crippen molar-refractivity contribution < 1.29 is 4.42 Å². The van der Waals surface area contributed by atoms with E-state index in [9.17, 15) is 0 Å². The molecule has 54 heavy (non-hydrogen) atoms. The second kappa shape index (κ2) is 12.6. The Balaban J connectivity index is 0.997. The van der Waals surface area contributed by atoms with Crippen molar-refractivity contribution in [2.75, 3.05) is 4.90 Å². The van der Waals surface area contributed by atoms with Gasteiger partial charge < -0.3 is 9.32 Å². The average Bonchev–Trinajstić information content (AvgIpc) is 3.96. The summed E-state index contributed by atoms with van der Waals surface area (Å²) in [7, 11) is 0. The lowest BCUT2D eigenvalue weighted by atomic mass is 10.0. The van der Waals surface area contributed by atoms with Gasteiger partial charge in [-0.2, -0.15) is 0 Å². The number of rotatable bonds is 6. The van der Waals surface area contributed by atoms with Gasteiger partial charge in [-0.05, 0) is 130 Å². The fourth-order valence-electron chi connectivity index (χ4n) is 7.56. The van der Waals surface area contributed by atoms with Gasteiger partial charge in [-0.1, -0.05) is 84.9 Å². The van der Waals surface area contributed by atoms with E-state index in [4.69, 9.17) is 9.40 Å². The molecule has 0 saturated heterocycles. The first-order valence-corrected chi connectivity index (χ1v) is 19.6. The van der Waals surface area contributed by atoms with Crippen molar-refractivity contribution in [1.29, 1.82) is 0 Å². The van der Waals surface area contributed by atoms with E-state index in [-0.39, 0.29) is 0 Å². The quantitative estimate of drug-likeness (QED) is 0.171. The Bertz CT molecular complexity index is 3100. The highest BCUT2D eigenvalue weighted by Gasteiger charge is 2.16. The van der Waals surface area contributed by atoms with Crippen molar-refractivity contribution in [1.82, 2.24) is 4.98 Å². The maximum Gasteiger partial charge on any atom is 0.136 e. The minimum absolute atomic E-state index is 0.902. The average molecular weight is 727 g/mol. The monoisotopic (exact) mass is 726 g/mol. The van der Waals surface area contributed by atoms with Crippen molar-refractivity contribution >= 4 is 92.7 Å². The van der Waals surface area contributed by atoms with Crippen molar-refractivity contribution in [2.45, 2.75) is 0 Å². The molecule has 254 valence electrons. The summed E-state index contributed by atoms with van der Waals surface area (Å²) in [5.74, 6) is 0. The minimum atomic E-state index is 0.902. The van der Waals surface area contributed by atoms with Crippen LogP contribution in [0, 0.1) is 0 Å². The Morgan fingerprint density at radius 1 is 0.407 bits per heavy atom. The normalized spacial score (nSPS) is 11.7. The van der Waals surface area contributed by atoms with Crippen LogP contribution < -0.4 is 4.90 Å². The summed E-state index contributed by atoms with van der Waals surface area (Å²) >= 11 is 3.57. The van der Waals surface area contributed by atoms with Gasteiger partial charge in [0.15, 0.2) is 0 Å². The van der Waals surface area contributed by atoms with Gasteiger partial charge in [-0.3, -0.25) is 0 Å². The van der Waals surface area contributed by atoms with Crippen LogP contribution in [0.15, 0.2) is 186 Å². The Morgan fingerprint density at radius 3 is 1.91 bits per heavy atom. The highest BCUT2D eigenvalue weighted by atomic mass is 32.1. The summed E-state index contributed by atoms with van der Waals surface area (Å²) in [4.78, 5) is 8.55. The van der Waals surface area contributed by atoms with Crippen molar-refractivity contribution in [3.8, 4) is 32.1 Å². The second-order valence-electron chi connectivity index (χ2n) is 13.6. The van der Waals surface area contributed by atoms with Gasteiger partial charge in [0.05, 0.1) is 10.2 Å². The maximum atomic E-state index is 6.23. The molecule has 8 aromatic carbocycles.